The molecule has 1 aromatic rings. The number of anilines is 1. The van der Waals surface area contributed by atoms with Crippen molar-refractivity contribution in [3.8, 4) is 0 Å². The fraction of sp³-hybridized carbons (Fsp3) is 0.667. The van der Waals surface area contributed by atoms with E-state index in [-0.39, 0.29) is 0 Å². The third kappa shape index (κ3) is 6.29. The molecule has 1 rings (SSSR count). The summed E-state index contributed by atoms with van der Waals surface area (Å²) in [5.74, 6) is -1.07. The lowest BCUT2D eigenvalue weighted by Gasteiger charge is -2.04. The third-order valence-corrected chi connectivity index (χ3v) is 3.35. The number of carboxylic acid groups (broad SMARTS) is 1. The molecule has 0 fully saturated rings. The van der Waals surface area contributed by atoms with Crippen LogP contribution in [0.25, 0.3) is 0 Å². The molecule has 8 heteroatoms. The standard InChI is InChI=1S/C12H21N3O4S/c1-18-6-7-19-5-3-2-4-14-12-15-9(8-20-12)10(13)11(16)17/h8,10H,2-7,13H2,1H3,(H,14,15)(H,16,17). The van der Waals surface area contributed by atoms with E-state index in [1.807, 2.05) is 0 Å². The summed E-state index contributed by atoms with van der Waals surface area (Å²) in [4.78, 5) is 14.9. The topological polar surface area (TPSA) is 107 Å². The van der Waals surface area contributed by atoms with E-state index in [1.54, 1.807) is 12.5 Å². The summed E-state index contributed by atoms with van der Waals surface area (Å²) >= 11 is 1.36. The van der Waals surface area contributed by atoms with Crippen LogP contribution in [0.4, 0.5) is 5.13 Å². The lowest BCUT2D eigenvalue weighted by atomic mass is 10.2. The van der Waals surface area contributed by atoms with Gasteiger partial charge in [-0.2, -0.15) is 0 Å². The van der Waals surface area contributed by atoms with Crippen LogP contribution in [0, 0.1) is 0 Å². The molecule has 1 aromatic heterocycles. The zero-order valence-corrected chi connectivity index (χ0v) is 12.3. The van der Waals surface area contributed by atoms with Crippen molar-refractivity contribution in [1.82, 2.24) is 4.98 Å². The molecule has 1 atom stereocenters. The van der Waals surface area contributed by atoms with Crippen molar-refractivity contribution in [2.45, 2.75) is 18.9 Å². The molecule has 0 spiro atoms. The number of hydrogen-bond donors (Lipinski definition) is 3. The number of ether oxygens (including phenoxy) is 2. The van der Waals surface area contributed by atoms with Crippen molar-refractivity contribution >= 4 is 22.4 Å². The Hall–Kier alpha value is -1.22. The minimum Gasteiger partial charge on any atom is -0.480 e. The molecular formula is C12H21N3O4S. The molecule has 4 N–H and O–H groups in total. The number of nitrogens with zero attached hydrogens (tertiary/aromatic N) is 1. The molecule has 0 amide bonds. The number of unbranched alkanes of at least 4 members (excludes halogenated alkanes) is 1. The molecule has 1 unspecified atom stereocenters. The van der Waals surface area contributed by atoms with E-state index in [2.05, 4.69) is 10.3 Å². The molecule has 0 aliphatic carbocycles. The Morgan fingerprint density at radius 1 is 1.50 bits per heavy atom. The minimum absolute atomic E-state index is 0.382. The SMILES string of the molecule is COCCOCCCCNc1nc(C(N)C(=O)O)cs1. The van der Waals surface area contributed by atoms with Gasteiger partial charge >= 0.3 is 5.97 Å². The number of carbonyl (C=O) groups is 1. The van der Waals surface area contributed by atoms with Crippen LogP contribution >= 0.6 is 11.3 Å². The van der Waals surface area contributed by atoms with Gasteiger partial charge in [0.05, 0.1) is 18.9 Å². The van der Waals surface area contributed by atoms with Crippen molar-refractivity contribution in [1.29, 1.82) is 0 Å². The van der Waals surface area contributed by atoms with E-state index >= 15 is 0 Å². The van der Waals surface area contributed by atoms with Crippen molar-refractivity contribution in [2.24, 2.45) is 5.73 Å². The van der Waals surface area contributed by atoms with Crippen molar-refractivity contribution in [3.63, 3.8) is 0 Å². The monoisotopic (exact) mass is 303 g/mol. The van der Waals surface area contributed by atoms with Crippen LogP contribution in [-0.4, -0.2) is 49.5 Å². The second-order valence-corrected chi connectivity index (χ2v) is 4.99. The first-order valence-electron chi connectivity index (χ1n) is 6.39. The summed E-state index contributed by atoms with van der Waals surface area (Å²) in [5, 5.41) is 14.3. The van der Waals surface area contributed by atoms with Gasteiger partial charge in [0.1, 0.15) is 6.04 Å². The first kappa shape index (κ1) is 16.8. The number of carboxylic acids is 1. The maximum atomic E-state index is 10.7. The molecular weight excluding hydrogens is 282 g/mol. The summed E-state index contributed by atoms with van der Waals surface area (Å²) < 4.78 is 10.2. The molecule has 0 aliphatic heterocycles. The van der Waals surface area contributed by atoms with Gasteiger partial charge in [-0.15, -0.1) is 11.3 Å². The van der Waals surface area contributed by atoms with Gasteiger partial charge in [-0.1, -0.05) is 0 Å². The van der Waals surface area contributed by atoms with E-state index < -0.39 is 12.0 Å². The van der Waals surface area contributed by atoms with E-state index in [0.29, 0.717) is 30.6 Å². The Labute approximate surface area is 122 Å². The zero-order chi connectivity index (χ0) is 14.8. The fourth-order valence-corrected chi connectivity index (χ4v) is 2.18. The van der Waals surface area contributed by atoms with Crippen LogP contribution < -0.4 is 11.1 Å². The van der Waals surface area contributed by atoms with E-state index in [4.69, 9.17) is 20.3 Å². The predicted molar refractivity (Wildman–Crippen MR) is 77.1 cm³/mol. The van der Waals surface area contributed by atoms with Crippen LogP contribution in [0.15, 0.2) is 5.38 Å². The van der Waals surface area contributed by atoms with Gasteiger partial charge < -0.3 is 25.6 Å². The molecule has 20 heavy (non-hydrogen) atoms. The Morgan fingerprint density at radius 3 is 3.00 bits per heavy atom. The van der Waals surface area contributed by atoms with Gasteiger partial charge in [-0.05, 0) is 12.8 Å². The molecule has 0 aliphatic rings. The first-order valence-corrected chi connectivity index (χ1v) is 7.27. The number of hydrogen-bond acceptors (Lipinski definition) is 7. The average molecular weight is 303 g/mol. The maximum absolute atomic E-state index is 10.7. The Kier molecular flexibility index (Phi) is 8.12. The molecule has 0 saturated carbocycles. The Balaban J connectivity index is 2.12. The van der Waals surface area contributed by atoms with Gasteiger partial charge in [-0.25, -0.2) is 4.98 Å². The van der Waals surface area contributed by atoms with E-state index in [1.165, 1.54) is 11.3 Å². The number of nitrogens with one attached hydrogen (secondary N) is 1. The molecule has 0 aromatic carbocycles. The Bertz CT molecular complexity index is 400. The highest BCUT2D eigenvalue weighted by Crippen LogP contribution is 2.19. The third-order valence-electron chi connectivity index (χ3n) is 2.53. The summed E-state index contributed by atoms with van der Waals surface area (Å²) in [6.45, 7) is 2.71. The number of nitrogens with two attached hydrogens (primary N) is 1. The molecule has 0 bridgehead atoms. The van der Waals surface area contributed by atoms with Gasteiger partial charge in [0.15, 0.2) is 5.13 Å². The van der Waals surface area contributed by atoms with E-state index in [9.17, 15) is 4.79 Å². The molecule has 0 radical (unpaired) electrons. The lowest BCUT2D eigenvalue weighted by molar-refractivity contribution is -0.138. The number of aliphatic carboxylic acids is 1. The first-order chi connectivity index (χ1) is 9.65. The highest BCUT2D eigenvalue weighted by atomic mass is 32.1. The number of methoxy groups -OCH3 is 1. The lowest BCUT2D eigenvalue weighted by Crippen LogP contribution is -2.20. The predicted octanol–water partition coefficient (Wildman–Crippen LogP) is 1.08. The minimum atomic E-state index is -1.07. The zero-order valence-electron chi connectivity index (χ0n) is 11.5. The molecule has 7 nitrogen and oxygen atoms in total. The van der Waals surface area contributed by atoms with Crippen LogP contribution in [0.1, 0.15) is 24.6 Å². The summed E-state index contributed by atoms with van der Waals surface area (Å²) in [6, 6.07) is -1.06. The Morgan fingerprint density at radius 2 is 2.30 bits per heavy atom. The second kappa shape index (κ2) is 9.65. The number of rotatable bonds is 11. The summed E-state index contributed by atoms with van der Waals surface area (Å²) in [5.41, 5.74) is 5.86. The maximum Gasteiger partial charge on any atom is 0.326 e. The van der Waals surface area contributed by atoms with Crippen LogP contribution in [0.3, 0.4) is 0 Å². The van der Waals surface area contributed by atoms with Gasteiger partial charge in [-0.3, -0.25) is 4.79 Å². The quantitative estimate of drug-likeness (QED) is 0.525. The fourth-order valence-electron chi connectivity index (χ4n) is 1.41. The molecule has 114 valence electrons. The summed E-state index contributed by atoms with van der Waals surface area (Å²) in [6.07, 6.45) is 1.90. The number of thiazole rings is 1. The second-order valence-electron chi connectivity index (χ2n) is 4.13. The van der Waals surface area contributed by atoms with Gasteiger partial charge in [0.2, 0.25) is 0 Å². The normalized spacial score (nSPS) is 12.3. The van der Waals surface area contributed by atoms with Crippen LogP contribution in [0.5, 0.6) is 0 Å². The number of aromatic nitrogens is 1. The van der Waals surface area contributed by atoms with Crippen molar-refractivity contribution in [3.05, 3.63) is 11.1 Å². The van der Waals surface area contributed by atoms with E-state index in [0.717, 1.165) is 19.4 Å². The van der Waals surface area contributed by atoms with Crippen LogP contribution in [0.2, 0.25) is 0 Å². The largest absolute Gasteiger partial charge is 0.480 e. The van der Waals surface area contributed by atoms with Gasteiger partial charge in [0, 0.05) is 25.6 Å². The average Bonchev–Trinajstić information content (AvgIpc) is 2.89. The van der Waals surface area contributed by atoms with Crippen molar-refractivity contribution < 1.29 is 19.4 Å². The molecule has 1 heterocycles. The van der Waals surface area contributed by atoms with Gasteiger partial charge in [0.25, 0.3) is 0 Å². The van der Waals surface area contributed by atoms with Crippen LogP contribution in [-0.2, 0) is 14.3 Å². The highest BCUT2D eigenvalue weighted by molar-refractivity contribution is 7.13. The smallest absolute Gasteiger partial charge is 0.326 e. The highest BCUT2D eigenvalue weighted by Gasteiger charge is 2.17. The molecule has 0 saturated heterocycles. The van der Waals surface area contributed by atoms with Crippen molar-refractivity contribution in [2.75, 3.05) is 38.8 Å². The summed E-state index contributed by atoms with van der Waals surface area (Å²) in [7, 11) is 1.64.